The van der Waals surface area contributed by atoms with Gasteiger partial charge in [-0.3, -0.25) is 0 Å². The number of ether oxygens (including phenoxy) is 1. The third-order valence-electron chi connectivity index (χ3n) is 5.89. The van der Waals surface area contributed by atoms with Crippen LogP contribution < -0.4 is 16.3 Å². The average Bonchev–Trinajstić information content (AvgIpc) is 2.80. The molecule has 0 atom stereocenters. The Labute approximate surface area is 219 Å². The highest BCUT2D eigenvalue weighted by Crippen LogP contribution is 2.33. The molecule has 0 aromatic heterocycles. The van der Waals surface area contributed by atoms with Crippen LogP contribution in [0.5, 0.6) is 5.75 Å². The van der Waals surface area contributed by atoms with Crippen molar-refractivity contribution in [2.24, 2.45) is 10.8 Å². The van der Waals surface area contributed by atoms with Gasteiger partial charge in [0.05, 0.1) is 18.5 Å². The van der Waals surface area contributed by atoms with Crippen LogP contribution in [0.25, 0.3) is 5.57 Å². The Balaban J connectivity index is 3.13. The first kappa shape index (κ1) is 31.3. The normalized spacial score (nSPS) is 12.8. The minimum absolute atomic E-state index is 0.454. The lowest BCUT2D eigenvalue weighted by Crippen LogP contribution is -2.33. The van der Waals surface area contributed by atoms with E-state index in [9.17, 15) is 5.11 Å². The molecule has 1 aromatic carbocycles. The predicted molar refractivity (Wildman–Crippen MR) is 155 cm³/mol. The van der Waals surface area contributed by atoms with Crippen molar-refractivity contribution >= 4 is 17.1 Å². The Morgan fingerprint density at radius 1 is 1.19 bits per heavy atom. The van der Waals surface area contributed by atoms with Gasteiger partial charge >= 0.3 is 0 Å². The molecule has 0 saturated heterocycles. The monoisotopic (exact) mass is 499 g/mol. The molecule has 0 fully saturated rings. The molecule has 1 rings (SSSR count). The van der Waals surface area contributed by atoms with Crippen molar-refractivity contribution in [1.82, 2.24) is 9.91 Å². The molecule has 0 unspecified atom stereocenters. The number of nitrogens with zero attached hydrogens (tertiary/aromatic N) is 3. The number of allylic oxidation sites excluding steroid dienone is 2. The SMILES string of the molecule is C=C(N=C(/C=C\C)N(CCC)CCCCc1cc(OC)c(N)cc1/C(=C/N(C)N)CCC)C(C)(C)O. The molecule has 0 spiro atoms. The van der Waals surface area contributed by atoms with Crippen LogP contribution in [-0.4, -0.2) is 53.7 Å². The van der Waals surface area contributed by atoms with Gasteiger partial charge in [0, 0.05) is 26.3 Å². The third-order valence-corrected chi connectivity index (χ3v) is 5.89. The highest BCUT2D eigenvalue weighted by Gasteiger charge is 2.19. The highest BCUT2D eigenvalue weighted by molar-refractivity contribution is 5.93. The highest BCUT2D eigenvalue weighted by atomic mass is 16.5. The van der Waals surface area contributed by atoms with Gasteiger partial charge in [-0.2, -0.15) is 0 Å². The van der Waals surface area contributed by atoms with Gasteiger partial charge in [0.15, 0.2) is 0 Å². The van der Waals surface area contributed by atoms with E-state index in [2.05, 4.69) is 36.4 Å². The summed E-state index contributed by atoms with van der Waals surface area (Å²) < 4.78 is 5.52. The maximum Gasteiger partial charge on any atom is 0.142 e. The fraction of sp³-hybridized carbons (Fsp3) is 0.552. The molecule has 0 bridgehead atoms. The van der Waals surface area contributed by atoms with Crippen molar-refractivity contribution < 1.29 is 9.84 Å². The van der Waals surface area contributed by atoms with Crippen LogP contribution in [0.15, 0.2) is 47.8 Å². The van der Waals surface area contributed by atoms with Gasteiger partial charge in [0.2, 0.25) is 0 Å². The van der Waals surface area contributed by atoms with Crippen LogP contribution in [0.4, 0.5) is 5.69 Å². The van der Waals surface area contributed by atoms with Crippen molar-refractivity contribution in [2.45, 2.75) is 78.7 Å². The number of hydrogen-bond donors (Lipinski definition) is 3. The molecule has 36 heavy (non-hydrogen) atoms. The number of aryl methyl sites for hydroxylation is 1. The lowest BCUT2D eigenvalue weighted by molar-refractivity contribution is 0.119. The minimum Gasteiger partial charge on any atom is -0.495 e. The second-order valence-electron chi connectivity index (χ2n) is 9.74. The van der Waals surface area contributed by atoms with Crippen molar-refractivity contribution in [1.29, 1.82) is 0 Å². The number of anilines is 1. The van der Waals surface area contributed by atoms with Crippen molar-refractivity contribution in [3.8, 4) is 5.75 Å². The molecule has 0 radical (unpaired) electrons. The first-order valence-corrected chi connectivity index (χ1v) is 13.0. The summed E-state index contributed by atoms with van der Waals surface area (Å²) in [6.07, 6.45) is 11.7. The number of hydrazine groups is 1. The van der Waals surface area contributed by atoms with Gasteiger partial charge < -0.3 is 25.5 Å². The lowest BCUT2D eigenvalue weighted by atomic mass is 9.93. The van der Waals surface area contributed by atoms with E-state index in [1.807, 2.05) is 38.4 Å². The Bertz CT molecular complexity index is 926. The van der Waals surface area contributed by atoms with Gasteiger partial charge in [-0.1, -0.05) is 32.9 Å². The molecule has 7 nitrogen and oxygen atoms in total. The quantitative estimate of drug-likeness (QED) is 0.0734. The Kier molecular flexibility index (Phi) is 13.3. The van der Waals surface area contributed by atoms with Gasteiger partial charge in [0.1, 0.15) is 17.2 Å². The number of unbranched alkanes of at least 4 members (excludes halogenated alkanes) is 1. The van der Waals surface area contributed by atoms with Gasteiger partial charge in [-0.25, -0.2) is 10.8 Å². The largest absolute Gasteiger partial charge is 0.495 e. The molecule has 0 amide bonds. The third kappa shape index (κ3) is 10.1. The van der Waals surface area contributed by atoms with Crippen molar-refractivity contribution in [2.75, 3.05) is 33.0 Å². The second-order valence-corrected chi connectivity index (χ2v) is 9.74. The summed E-state index contributed by atoms with van der Waals surface area (Å²) in [5.74, 6) is 7.49. The number of nitrogen functional groups attached to an aromatic ring is 1. The maximum atomic E-state index is 10.3. The average molecular weight is 500 g/mol. The van der Waals surface area contributed by atoms with E-state index in [1.54, 1.807) is 26.0 Å². The zero-order chi connectivity index (χ0) is 27.3. The van der Waals surface area contributed by atoms with Crippen molar-refractivity contribution in [3.05, 3.63) is 53.9 Å². The van der Waals surface area contributed by atoms with Gasteiger partial charge in [0.25, 0.3) is 0 Å². The summed E-state index contributed by atoms with van der Waals surface area (Å²) in [6.45, 7) is 15.4. The second kappa shape index (κ2) is 15.4. The molecule has 202 valence electrons. The molecular formula is C29H49N5O2. The first-order valence-electron chi connectivity index (χ1n) is 13.0. The summed E-state index contributed by atoms with van der Waals surface area (Å²) in [5, 5.41) is 11.9. The van der Waals surface area contributed by atoms with E-state index >= 15 is 0 Å². The van der Waals surface area contributed by atoms with Crippen LogP contribution in [-0.2, 0) is 6.42 Å². The number of methoxy groups -OCH3 is 1. The van der Waals surface area contributed by atoms with Gasteiger partial charge in [-0.05, 0) is 87.8 Å². The number of aliphatic imine (C=N–C) groups is 1. The molecule has 5 N–H and O–H groups in total. The summed E-state index contributed by atoms with van der Waals surface area (Å²) in [6, 6.07) is 4.08. The van der Waals surface area contributed by atoms with E-state index in [4.69, 9.17) is 16.3 Å². The zero-order valence-corrected chi connectivity index (χ0v) is 23.6. The van der Waals surface area contributed by atoms with Crippen LogP contribution >= 0.6 is 0 Å². The van der Waals surface area contributed by atoms with Crippen LogP contribution in [0.2, 0.25) is 0 Å². The fourth-order valence-corrected chi connectivity index (χ4v) is 3.97. The Morgan fingerprint density at radius 3 is 2.42 bits per heavy atom. The van der Waals surface area contributed by atoms with Crippen LogP contribution in [0.1, 0.15) is 77.8 Å². The molecule has 1 aromatic rings. The molecule has 0 heterocycles. The first-order chi connectivity index (χ1) is 17.0. The summed E-state index contributed by atoms with van der Waals surface area (Å²) in [7, 11) is 3.48. The van der Waals surface area contributed by atoms with Crippen molar-refractivity contribution in [3.63, 3.8) is 0 Å². The summed E-state index contributed by atoms with van der Waals surface area (Å²) in [5.41, 5.74) is 9.82. The summed E-state index contributed by atoms with van der Waals surface area (Å²) >= 11 is 0. The van der Waals surface area contributed by atoms with Crippen LogP contribution in [0, 0.1) is 0 Å². The lowest BCUT2D eigenvalue weighted by Gasteiger charge is -2.26. The number of nitrogens with two attached hydrogens (primary N) is 2. The molecule has 0 aliphatic rings. The van der Waals surface area contributed by atoms with E-state index in [0.29, 0.717) is 17.1 Å². The smallest absolute Gasteiger partial charge is 0.142 e. The minimum atomic E-state index is -1.06. The summed E-state index contributed by atoms with van der Waals surface area (Å²) in [4.78, 5) is 6.94. The number of amidine groups is 1. The van der Waals surface area contributed by atoms with E-state index in [0.717, 1.165) is 63.0 Å². The Morgan fingerprint density at radius 2 is 1.89 bits per heavy atom. The molecule has 0 aliphatic heterocycles. The number of aliphatic hydroxyl groups is 1. The topological polar surface area (TPSA) is 100 Å². The number of rotatable bonds is 15. The molecular weight excluding hydrogens is 450 g/mol. The number of hydrogen-bond acceptors (Lipinski definition) is 6. The van der Waals surface area contributed by atoms with E-state index in [-0.39, 0.29) is 0 Å². The fourth-order valence-electron chi connectivity index (χ4n) is 3.97. The van der Waals surface area contributed by atoms with Crippen LogP contribution in [0.3, 0.4) is 0 Å². The molecule has 0 aliphatic carbocycles. The number of benzene rings is 1. The van der Waals surface area contributed by atoms with E-state index < -0.39 is 5.60 Å². The predicted octanol–water partition coefficient (Wildman–Crippen LogP) is 5.52. The maximum absolute atomic E-state index is 10.3. The molecule has 0 saturated carbocycles. The Hall–Kier alpha value is -2.77. The van der Waals surface area contributed by atoms with Gasteiger partial charge in [-0.15, -0.1) is 0 Å². The molecule has 7 heteroatoms. The van der Waals surface area contributed by atoms with E-state index in [1.165, 1.54) is 11.1 Å². The zero-order valence-electron chi connectivity index (χ0n) is 23.6. The standard InChI is InChI=1S/C29H49N5O2/c1-9-14-24(21-33(7)31)25-20-26(30)27(36-8)19-23(25)16-12-13-18-34(17-11-3)28(15-10-2)32-22(4)29(5,6)35/h10,15,19-21,35H,4,9,11-14,16-18,30-31H2,1-3,5-8H3/b15-10-,24-21+,32-28?.